The molecule has 1 aromatic carbocycles. The third kappa shape index (κ3) is 5.32. The van der Waals surface area contributed by atoms with Crippen molar-refractivity contribution in [1.82, 2.24) is 20.1 Å². The molecular weight excluding hydrogens is 371 g/mol. The Morgan fingerprint density at radius 2 is 1.79 bits per heavy atom. The number of aromatic nitrogens is 3. The lowest BCUT2D eigenvalue weighted by Gasteiger charge is -2.10. The van der Waals surface area contributed by atoms with E-state index in [4.69, 9.17) is 0 Å². The predicted octanol–water partition coefficient (Wildman–Crippen LogP) is 3.06. The molecule has 0 atom stereocenters. The van der Waals surface area contributed by atoms with Crippen molar-refractivity contribution in [3.05, 3.63) is 72.1 Å². The van der Waals surface area contributed by atoms with Crippen LogP contribution in [0.3, 0.4) is 0 Å². The minimum Gasteiger partial charge on any atom is -0.367 e. The Bertz CT molecular complexity index is 908. The first kappa shape index (κ1) is 19.4. The molecule has 2 N–H and O–H groups in total. The maximum Gasteiger partial charge on any atom is 0.416 e. The Balaban J connectivity index is 1.42. The van der Waals surface area contributed by atoms with Crippen LogP contribution in [0.4, 0.5) is 19.0 Å². The number of amides is 1. The zero-order chi connectivity index (χ0) is 20.0. The molecule has 2 heterocycles. The molecule has 28 heavy (non-hydrogen) atoms. The van der Waals surface area contributed by atoms with E-state index in [1.807, 2.05) is 35.2 Å². The van der Waals surface area contributed by atoms with Gasteiger partial charge in [0.2, 0.25) is 5.91 Å². The summed E-state index contributed by atoms with van der Waals surface area (Å²) in [6.45, 7) is 0.713. The largest absolute Gasteiger partial charge is 0.416 e. The number of halogens is 3. The number of carbonyl (C=O) groups is 1. The summed E-state index contributed by atoms with van der Waals surface area (Å²) in [5.41, 5.74) is -0.451. The van der Waals surface area contributed by atoms with Crippen molar-refractivity contribution in [2.75, 3.05) is 18.4 Å². The van der Waals surface area contributed by atoms with E-state index in [0.29, 0.717) is 30.3 Å². The van der Waals surface area contributed by atoms with Gasteiger partial charge in [0.1, 0.15) is 5.82 Å². The van der Waals surface area contributed by atoms with Gasteiger partial charge in [0.15, 0.2) is 5.82 Å². The maximum absolute atomic E-state index is 12.7. The fourth-order valence-electron chi connectivity index (χ4n) is 2.54. The van der Waals surface area contributed by atoms with E-state index in [-0.39, 0.29) is 12.3 Å². The van der Waals surface area contributed by atoms with Crippen LogP contribution in [0.1, 0.15) is 11.1 Å². The number of nitrogens with zero attached hydrogens (tertiary/aromatic N) is 3. The van der Waals surface area contributed by atoms with Crippen LogP contribution in [0, 0.1) is 0 Å². The van der Waals surface area contributed by atoms with Gasteiger partial charge in [-0.2, -0.15) is 13.2 Å². The highest BCUT2D eigenvalue weighted by Gasteiger charge is 2.30. The molecule has 3 rings (SSSR count). The second-order valence-electron chi connectivity index (χ2n) is 6.02. The number of hydrogen-bond donors (Lipinski definition) is 2. The van der Waals surface area contributed by atoms with Crippen LogP contribution in [0.15, 0.2) is 60.9 Å². The molecule has 2 aromatic heterocycles. The van der Waals surface area contributed by atoms with Gasteiger partial charge in [-0.15, -0.1) is 10.2 Å². The number of carbonyl (C=O) groups excluding carboxylic acids is 1. The Morgan fingerprint density at radius 3 is 2.46 bits per heavy atom. The van der Waals surface area contributed by atoms with Gasteiger partial charge in [-0.1, -0.05) is 18.2 Å². The zero-order valence-corrected chi connectivity index (χ0v) is 14.8. The van der Waals surface area contributed by atoms with E-state index in [2.05, 4.69) is 20.8 Å². The Labute approximate surface area is 159 Å². The first-order valence-electron chi connectivity index (χ1n) is 8.55. The molecule has 0 spiro atoms. The first-order valence-corrected chi connectivity index (χ1v) is 8.55. The van der Waals surface area contributed by atoms with Gasteiger partial charge in [-0.3, -0.25) is 4.79 Å². The van der Waals surface area contributed by atoms with Crippen molar-refractivity contribution in [3.63, 3.8) is 0 Å². The predicted molar refractivity (Wildman–Crippen MR) is 98.0 cm³/mol. The van der Waals surface area contributed by atoms with Gasteiger partial charge < -0.3 is 15.2 Å². The lowest BCUT2D eigenvalue weighted by molar-refractivity contribution is -0.137. The summed E-state index contributed by atoms with van der Waals surface area (Å²) in [4.78, 5) is 11.9. The molecule has 0 saturated carbocycles. The second kappa shape index (κ2) is 8.55. The number of anilines is 1. The summed E-state index contributed by atoms with van der Waals surface area (Å²) in [6.07, 6.45) is -0.822. The highest BCUT2D eigenvalue weighted by atomic mass is 19.4. The van der Waals surface area contributed by atoms with Crippen LogP contribution in [0.5, 0.6) is 0 Å². The normalized spacial score (nSPS) is 11.2. The van der Waals surface area contributed by atoms with Gasteiger partial charge in [0.25, 0.3) is 0 Å². The van der Waals surface area contributed by atoms with Crippen molar-refractivity contribution in [2.45, 2.75) is 12.6 Å². The minimum absolute atomic E-state index is 0.116. The molecular formula is C19H18F3N5O. The first-order chi connectivity index (χ1) is 13.4. The van der Waals surface area contributed by atoms with E-state index in [1.165, 1.54) is 12.1 Å². The molecule has 0 fully saturated rings. The van der Waals surface area contributed by atoms with Crippen LogP contribution in [-0.4, -0.2) is 33.8 Å². The molecule has 0 saturated heterocycles. The average molecular weight is 389 g/mol. The van der Waals surface area contributed by atoms with Crippen molar-refractivity contribution in [3.8, 4) is 5.82 Å². The SMILES string of the molecule is O=C(Cc1cccc(C(F)(F)F)c1)NCCNc1ccc(-n2cccc2)nn1. The van der Waals surface area contributed by atoms with Crippen molar-refractivity contribution in [2.24, 2.45) is 0 Å². The Hall–Kier alpha value is -3.36. The molecule has 0 aliphatic heterocycles. The molecule has 9 heteroatoms. The Kier molecular flexibility index (Phi) is 5.93. The molecule has 6 nitrogen and oxygen atoms in total. The number of alkyl halides is 3. The third-order valence-corrected chi connectivity index (χ3v) is 3.89. The number of hydrogen-bond acceptors (Lipinski definition) is 4. The molecule has 0 bridgehead atoms. The lowest BCUT2D eigenvalue weighted by atomic mass is 10.1. The van der Waals surface area contributed by atoms with E-state index < -0.39 is 11.7 Å². The highest BCUT2D eigenvalue weighted by molar-refractivity contribution is 5.78. The lowest BCUT2D eigenvalue weighted by Crippen LogP contribution is -2.30. The average Bonchev–Trinajstić information content (AvgIpc) is 3.20. The summed E-state index contributed by atoms with van der Waals surface area (Å²) >= 11 is 0. The Morgan fingerprint density at radius 1 is 1.00 bits per heavy atom. The summed E-state index contributed by atoms with van der Waals surface area (Å²) in [7, 11) is 0. The summed E-state index contributed by atoms with van der Waals surface area (Å²) in [5.74, 6) is 0.892. The van der Waals surface area contributed by atoms with Crippen LogP contribution >= 0.6 is 0 Å². The quantitative estimate of drug-likeness (QED) is 0.610. The van der Waals surface area contributed by atoms with E-state index in [1.54, 1.807) is 6.07 Å². The molecule has 146 valence electrons. The molecule has 3 aromatic rings. The van der Waals surface area contributed by atoms with Crippen LogP contribution < -0.4 is 10.6 Å². The van der Waals surface area contributed by atoms with Crippen molar-refractivity contribution < 1.29 is 18.0 Å². The fraction of sp³-hybridized carbons (Fsp3) is 0.211. The number of benzene rings is 1. The minimum atomic E-state index is -4.42. The van der Waals surface area contributed by atoms with E-state index in [9.17, 15) is 18.0 Å². The fourth-order valence-corrected chi connectivity index (χ4v) is 2.54. The standard InChI is InChI=1S/C19H18F3N5O/c20-19(21,22)15-5-3-4-14(12-15)13-18(28)24-9-8-23-16-6-7-17(26-25-16)27-10-1-2-11-27/h1-7,10-12H,8-9,13H2,(H,23,25)(H,24,28). The molecule has 0 unspecified atom stereocenters. The molecule has 0 aliphatic carbocycles. The van der Waals surface area contributed by atoms with Gasteiger partial charge >= 0.3 is 6.18 Å². The topological polar surface area (TPSA) is 71.8 Å². The highest BCUT2D eigenvalue weighted by Crippen LogP contribution is 2.29. The maximum atomic E-state index is 12.7. The van der Waals surface area contributed by atoms with Crippen molar-refractivity contribution >= 4 is 11.7 Å². The van der Waals surface area contributed by atoms with Crippen LogP contribution in [0.25, 0.3) is 5.82 Å². The van der Waals surface area contributed by atoms with Gasteiger partial charge in [-0.05, 0) is 35.9 Å². The van der Waals surface area contributed by atoms with E-state index >= 15 is 0 Å². The van der Waals surface area contributed by atoms with Gasteiger partial charge in [0, 0.05) is 25.5 Å². The summed E-state index contributed by atoms with van der Waals surface area (Å²) in [6, 6.07) is 12.1. The monoisotopic (exact) mass is 389 g/mol. The second-order valence-corrected chi connectivity index (χ2v) is 6.02. The summed E-state index contributed by atoms with van der Waals surface area (Å²) < 4.78 is 39.9. The number of nitrogens with one attached hydrogen (secondary N) is 2. The smallest absolute Gasteiger partial charge is 0.367 e. The molecule has 0 radical (unpaired) electrons. The third-order valence-electron chi connectivity index (χ3n) is 3.89. The molecule has 1 amide bonds. The van der Waals surface area contributed by atoms with Gasteiger partial charge in [0.05, 0.1) is 12.0 Å². The van der Waals surface area contributed by atoms with Crippen LogP contribution in [0.2, 0.25) is 0 Å². The van der Waals surface area contributed by atoms with E-state index in [0.717, 1.165) is 12.1 Å². The zero-order valence-electron chi connectivity index (χ0n) is 14.8. The summed E-state index contributed by atoms with van der Waals surface area (Å²) in [5, 5.41) is 13.8. The number of rotatable bonds is 7. The van der Waals surface area contributed by atoms with Crippen LogP contribution in [-0.2, 0) is 17.4 Å². The van der Waals surface area contributed by atoms with Gasteiger partial charge in [-0.25, -0.2) is 0 Å². The van der Waals surface area contributed by atoms with Crippen molar-refractivity contribution in [1.29, 1.82) is 0 Å². The molecule has 0 aliphatic rings.